The van der Waals surface area contributed by atoms with E-state index < -0.39 is 0 Å². The van der Waals surface area contributed by atoms with E-state index in [0.717, 1.165) is 31.2 Å². The van der Waals surface area contributed by atoms with Crippen LogP contribution in [0.1, 0.15) is 23.6 Å². The SMILES string of the molecule is CCNCc1cccc(Cl)c1N1Cc2ccccc2C1. The van der Waals surface area contributed by atoms with Gasteiger partial charge in [0.15, 0.2) is 0 Å². The normalized spacial score (nSPS) is 13.6. The first-order valence-corrected chi connectivity index (χ1v) is 7.47. The highest BCUT2D eigenvalue weighted by atomic mass is 35.5. The maximum Gasteiger partial charge on any atom is 0.0643 e. The first-order chi connectivity index (χ1) is 9.79. The number of hydrogen-bond donors (Lipinski definition) is 1. The third-order valence-electron chi connectivity index (χ3n) is 3.79. The largest absolute Gasteiger partial charge is 0.361 e. The van der Waals surface area contributed by atoms with Crippen molar-refractivity contribution < 1.29 is 0 Å². The first kappa shape index (κ1) is 13.5. The number of hydrogen-bond acceptors (Lipinski definition) is 2. The summed E-state index contributed by atoms with van der Waals surface area (Å²) < 4.78 is 0. The van der Waals surface area contributed by atoms with Crippen LogP contribution in [0.5, 0.6) is 0 Å². The van der Waals surface area contributed by atoms with E-state index in [-0.39, 0.29) is 0 Å². The van der Waals surface area contributed by atoms with E-state index in [1.807, 2.05) is 12.1 Å². The molecule has 1 aliphatic heterocycles. The van der Waals surface area contributed by atoms with Gasteiger partial charge in [-0.15, -0.1) is 0 Å². The van der Waals surface area contributed by atoms with E-state index in [4.69, 9.17) is 11.6 Å². The molecule has 0 aromatic heterocycles. The minimum Gasteiger partial charge on any atom is -0.361 e. The fourth-order valence-electron chi connectivity index (χ4n) is 2.81. The number of nitrogens with one attached hydrogen (secondary N) is 1. The number of rotatable bonds is 4. The standard InChI is InChI=1S/C17H19ClN2/c1-2-19-10-13-8-5-9-16(18)17(13)20-11-14-6-3-4-7-15(14)12-20/h3-9,19H,2,10-12H2,1H3. The average molecular weight is 287 g/mol. The molecule has 2 aromatic carbocycles. The van der Waals surface area contributed by atoms with Crippen molar-refractivity contribution in [2.24, 2.45) is 0 Å². The lowest BCUT2D eigenvalue weighted by molar-refractivity contribution is 0.721. The monoisotopic (exact) mass is 286 g/mol. The van der Waals surface area contributed by atoms with E-state index in [1.54, 1.807) is 0 Å². The maximum atomic E-state index is 6.46. The number of fused-ring (bicyclic) bond motifs is 1. The summed E-state index contributed by atoms with van der Waals surface area (Å²) in [7, 11) is 0. The number of halogens is 1. The van der Waals surface area contributed by atoms with Gasteiger partial charge in [-0.2, -0.15) is 0 Å². The Balaban J connectivity index is 1.91. The van der Waals surface area contributed by atoms with Gasteiger partial charge in [0.25, 0.3) is 0 Å². The molecule has 1 aliphatic rings. The van der Waals surface area contributed by atoms with Gasteiger partial charge in [-0.25, -0.2) is 0 Å². The fraction of sp³-hybridized carbons (Fsp3) is 0.294. The predicted octanol–water partition coefficient (Wildman–Crippen LogP) is 3.97. The summed E-state index contributed by atoms with van der Waals surface area (Å²) in [5.74, 6) is 0. The van der Waals surface area contributed by atoms with Crippen LogP contribution in [0.15, 0.2) is 42.5 Å². The van der Waals surface area contributed by atoms with E-state index in [1.165, 1.54) is 22.4 Å². The van der Waals surface area contributed by atoms with Crippen molar-refractivity contribution in [2.45, 2.75) is 26.6 Å². The molecule has 2 nitrogen and oxygen atoms in total. The third kappa shape index (κ3) is 2.54. The van der Waals surface area contributed by atoms with Crippen molar-refractivity contribution in [3.05, 3.63) is 64.2 Å². The molecule has 3 rings (SSSR count). The zero-order chi connectivity index (χ0) is 13.9. The molecular formula is C17H19ClN2. The number of anilines is 1. The Morgan fingerprint density at radius 2 is 1.75 bits per heavy atom. The summed E-state index contributed by atoms with van der Waals surface area (Å²) in [5.41, 5.74) is 5.25. The molecule has 104 valence electrons. The minimum absolute atomic E-state index is 0.841. The summed E-state index contributed by atoms with van der Waals surface area (Å²) in [5, 5.41) is 4.23. The molecule has 0 amide bonds. The molecule has 0 aliphatic carbocycles. The van der Waals surface area contributed by atoms with Gasteiger partial charge in [0.1, 0.15) is 0 Å². The van der Waals surface area contributed by atoms with Crippen LogP contribution in [-0.4, -0.2) is 6.54 Å². The summed E-state index contributed by atoms with van der Waals surface area (Å²) in [6.07, 6.45) is 0. The Kier molecular flexibility index (Phi) is 3.95. The van der Waals surface area contributed by atoms with Crippen molar-refractivity contribution in [1.82, 2.24) is 5.32 Å². The van der Waals surface area contributed by atoms with Gasteiger partial charge in [0, 0.05) is 19.6 Å². The van der Waals surface area contributed by atoms with Gasteiger partial charge in [0.2, 0.25) is 0 Å². The number of para-hydroxylation sites is 1. The molecule has 0 radical (unpaired) electrons. The highest BCUT2D eigenvalue weighted by Gasteiger charge is 2.22. The van der Waals surface area contributed by atoms with Crippen LogP contribution < -0.4 is 10.2 Å². The van der Waals surface area contributed by atoms with Crippen LogP contribution in [0.3, 0.4) is 0 Å². The fourth-order valence-corrected chi connectivity index (χ4v) is 3.12. The lowest BCUT2D eigenvalue weighted by atomic mass is 10.1. The summed E-state index contributed by atoms with van der Waals surface area (Å²) in [6.45, 7) is 5.83. The molecule has 0 saturated carbocycles. The Hall–Kier alpha value is -1.51. The molecule has 1 heterocycles. The maximum absolute atomic E-state index is 6.46. The first-order valence-electron chi connectivity index (χ1n) is 7.09. The summed E-state index contributed by atoms with van der Waals surface area (Å²) in [4.78, 5) is 2.37. The van der Waals surface area contributed by atoms with Crippen molar-refractivity contribution in [2.75, 3.05) is 11.4 Å². The van der Waals surface area contributed by atoms with Gasteiger partial charge in [-0.05, 0) is 29.3 Å². The quantitative estimate of drug-likeness (QED) is 0.915. The van der Waals surface area contributed by atoms with Crippen LogP contribution in [0.25, 0.3) is 0 Å². The summed E-state index contributed by atoms with van der Waals surface area (Å²) >= 11 is 6.46. The smallest absolute Gasteiger partial charge is 0.0643 e. The summed E-state index contributed by atoms with van der Waals surface area (Å²) in [6, 6.07) is 14.8. The second-order valence-corrected chi connectivity index (χ2v) is 5.56. The molecule has 20 heavy (non-hydrogen) atoms. The van der Waals surface area contributed by atoms with Gasteiger partial charge in [-0.1, -0.05) is 54.9 Å². The van der Waals surface area contributed by atoms with Gasteiger partial charge in [0.05, 0.1) is 10.7 Å². The zero-order valence-electron chi connectivity index (χ0n) is 11.7. The van der Waals surface area contributed by atoms with E-state index in [2.05, 4.69) is 47.5 Å². The Morgan fingerprint density at radius 1 is 1.05 bits per heavy atom. The highest BCUT2D eigenvalue weighted by molar-refractivity contribution is 6.33. The van der Waals surface area contributed by atoms with Crippen LogP contribution >= 0.6 is 11.6 Å². The molecular weight excluding hydrogens is 268 g/mol. The molecule has 3 heteroatoms. The zero-order valence-corrected chi connectivity index (χ0v) is 12.5. The average Bonchev–Trinajstić information content (AvgIpc) is 2.88. The molecule has 0 spiro atoms. The number of nitrogens with zero attached hydrogens (tertiary/aromatic N) is 1. The molecule has 1 N–H and O–H groups in total. The Morgan fingerprint density at radius 3 is 2.40 bits per heavy atom. The lowest BCUT2D eigenvalue weighted by Crippen LogP contribution is -2.20. The Labute approximate surface area is 125 Å². The van der Waals surface area contributed by atoms with Crippen molar-refractivity contribution in [3.8, 4) is 0 Å². The van der Waals surface area contributed by atoms with Crippen molar-refractivity contribution in [1.29, 1.82) is 0 Å². The van der Waals surface area contributed by atoms with Gasteiger partial charge in [-0.3, -0.25) is 0 Å². The van der Waals surface area contributed by atoms with Gasteiger partial charge < -0.3 is 10.2 Å². The molecule has 2 aromatic rings. The van der Waals surface area contributed by atoms with Crippen molar-refractivity contribution in [3.63, 3.8) is 0 Å². The molecule has 0 fully saturated rings. The second kappa shape index (κ2) is 5.86. The van der Waals surface area contributed by atoms with Crippen molar-refractivity contribution >= 4 is 17.3 Å². The third-order valence-corrected chi connectivity index (χ3v) is 4.10. The topological polar surface area (TPSA) is 15.3 Å². The predicted molar refractivity (Wildman–Crippen MR) is 85.2 cm³/mol. The van der Waals surface area contributed by atoms with Crippen LogP contribution in [0.2, 0.25) is 5.02 Å². The Bertz CT molecular complexity index is 585. The second-order valence-electron chi connectivity index (χ2n) is 5.15. The molecule has 0 atom stereocenters. The van der Waals surface area contributed by atoms with E-state index in [9.17, 15) is 0 Å². The van der Waals surface area contributed by atoms with Crippen LogP contribution in [0, 0.1) is 0 Å². The highest BCUT2D eigenvalue weighted by Crippen LogP contribution is 2.35. The minimum atomic E-state index is 0.841. The van der Waals surface area contributed by atoms with E-state index >= 15 is 0 Å². The van der Waals surface area contributed by atoms with Crippen LogP contribution in [-0.2, 0) is 19.6 Å². The van der Waals surface area contributed by atoms with Gasteiger partial charge >= 0.3 is 0 Å². The molecule has 0 saturated heterocycles. The molecule has 0 unspecified atom stereocenters. The molecule has 0 bridgehead atoms. The van der Waals surface area contributed by atoms with E-state index in [0.29, 0.717) is 0 Å². The lowest BCUT2D eigenvalue weighted by Gasteiger charge is -2.23. The van der Waals surface area contributed by atoms with Crippen LogP contribution in [0.4, 0.5) is 5.69 Å². The number of benzene rings is 2.